The van der Waals surface area contributed by atoms with Crippen molar-refractivity contribution in [1.29, 1.82) is 10.5 Å². The highest BCUT2D eigenvalue weighted by molar-refractivity contribution is 5.61. The third kappa shape index (κ3) is 1.37. The van der Waals surface area contributed by atoms with Gasteiger partial charge in [0.25, 0.3) is 0 Å². The lowest BCUT2D eigenvalue weighted by atomic mass is 10.1. The van der Waals surface area contributed by atoms with Crippen LogP contribution < -0.4 is 9.47 Å². The van der Waals surface area contributed by atoms with Crippen LogP contribution in [0, 0.1) is 22.7 Å². The summed E-state index contributed by atoms with van der Waals surface area (Å²) in [6.07, 6.45) is 0. The van der Waals surface area contributed by atoms with Crippen molar-refractivity contribution < 1.29 is 9.47 Å². The van der Waals surface area contributed by atoms with E-state index in [0.717, 1.165) is 0 Å². The van der Waals surface area contributed by atoms with E-state index in [9.17, 15) is 0 Å². The Kier molecular flexibility index (Phi) is 1.81. The minimum Gasteiger partial charge on any atom is -0.449 e. The fourth-order valence-corrected chi connectivity index (χ4v) is 1.48. The van der Waals surface area contributed by atoms with E-state index in [4.69, 9.17) is 20.0 Å². The van der Waals surface area contributed by atoms with E-state index >= 15 is 0 Å². The SMILES string of the molecule is CC1(C)Oc2ccc(C#N)c(C#N)c2O1. The van der Waals surface area contributed by atoms with Gasteiger partial charge < -0.3 is 9.47 Å². The molecule has 0 N–H and O–H groups in total. The number of fused-ring (bicyclic) bond motifs is 1. The van der Waals surface area contributed by atoms with Crippen LogP contribution in [-0.2, 0) is 0 Å². The van der Waals surface area contributed by atoms with Crippen LogP contribution in [0.4, 0.5) is 0 Å². The summed E-state index contributed by atoms with van der Waals surface area (Å²) in [6.45, 7) is 3.50. The van der Waals surface area contributed by atoms with Gasteiger partial charge in [0.15, 0.2) is 11.5 Å². The number of benzene rings is 1. The standard InChI is InChI=1S/C11H8N2O2/c1-11(2)14-9-4-3-7(5-12)8(6-13)10(9)15-11/h3-4H,1-2H3. The van der Waals surface area contributed by atoms with Gasteiger partial charge in [-0.05, 0) is 12.1 Å². The van der Waals surface area contributed by atoms with Gasteiger partial charge in [-0.1, -0.05) is 0 Å². The maximum Gasteiger partial charge on any atom is 0.246 e. The predicted octanol–water partition coefficient (Wildman–Crippen LogP) is 1.94. The molecule has 0 atom stereocenters. The maximum absolute atomic E-state index is 8.95. The van der Waals surface area contributed by atoms with Gasteiger partial charge in [-0.25, -0.2) is 0 Å². The Hall–Kier alpha value is -2.20. The molecule has 0 unspecified atom stereocenters. The summed E-state index contributed by atoms with van der Waals surface area (Å²) in [5.74, 6) is 0.0965. The first-order valence-electron chi connectivity index (χ1n) is 4.42. The second-order valence-electron chi connectivity index (χ2n) is 3.64. The van der Waals surface area contributed by atoms with Crippen LogP contribution in [0.2, 0.25) is 0 Å². The van der Waals surface area contributed by atoms with Crippen molar-refractivity contribution in [3.63, 3.8) is 0 Å². The monoisotopic (exact) mass is 200 g/mol. The van der Waals surface area contributed by atoms with Crippen LogP contribution >= 0.6 is 0 Å². The smallest absolute Gasteiger partial charge is 0.246 e. The zero-order chi connectivity index (χ0) is 11.1. The fraction of sp³-hybridized carbons (Fsp3) is 0.273. The molecule has 1 aromatic carbocycles. The lowest BCUT2D eigenvalue weighted by molar-refractivity contribution is -0.0432. The molecule has 0 saturated heterocycles. The van der Waals surface area contributed by atoms with Crippen molar-refractivity contribution in [1.82, 2.24) is 0 Å². The zero-order valence-corrected chi connectivity index (χ0v) is 8.37. The first-order valence-corrected chi connectivity index (χ1v) is 4.42. The molecular formula is C11H8N2O2. The van der Waals surface area contributed by atoms with E-state index in [1.165, 1.54) is 0 Å². The van der Waals surface area contributed by atoms with Crippen LogP contribution in [0.3, 0.4) is 0 Å². The number of nitriles is 2. The van der Waals surface area contributed by atoms with Crippen LogP contribution in [0.15, 0.2) is 12.1 Å². The molecule has 4 heteroatoms. The van der Waals surface area contributed by atoms with Crippen LogP contribution in [0.1, 0.15) is 25.0 Å². The number of hydrogen-bond acceptors (Lipinski definition) is 4. The molecule has 1 aromatic rings. The average Bonchev–Trinajstić information content (AvgIpc) is 2.50. The topological polar surface area (TPSA) is 66.0 Å². The van der Waals surface area contributed by atoms with Gasteiger partial charge in [-0.2, -0.15) is 10.5 Å². The second kappa shape index (κ2) is 2.90. The number of hydrogen-bond donors (Lipinski definition) is 0. The van der Waals surface area contributed by atoms with E-state index in [1.54, 1.807) is 26.0 Å². The molecule has 0 amide bonds. The third-order valence-corrected chi connectivity index (χ3v) is 2.06. The lowest BCUT2D eigenvalue weighted by Crippen LogP contribution is -2.29. The number of rotatable bonds is 0. The van der Waals surface area contributed by atoms with Crippen LogP contribution in [-0.4, -0.2) is 5.79 Å². The second-order valence-corrected chi connectivity index (χ2v) is 3.64. The molecule has 0 aliphatic carbocycles. The van der Waals surface area contributed by atoms with Gasteiger partial charge in [0.1, 0.15) is 17.7 Å². The number of ether oxygens (including phenoxy) is 2. The first kappa shape index (κ1) is 9.36. The molecule has 0 fully saturated rings. The Bertz CT molecular complexity index is 507. The lowest BCUT2D eigenvalue weighted by Gasteiger charge is -2.16. The Morgan fingerprint density at radius 2 is 1.87 bits per heavy atom. The van der Waals surface area contributed by atoms with Crippen molar-refractivity contribution in [3.8, 4) is 23.6 Å². The average molecular weight is 200 g/mol. The van der Waals surface area contributed by atoms with Gasteiger partial charge in [0.2, 0.25) is 5.79 Å². The molecule has 1 aliphatic rings. The molecule has 1 heterocycles. The third-order valence-electron chi connectivity index (χ3n) is 2.06. The van der Waals surface area contributed by atoms with Gasteiger partial charge in [0, 0.05) is 13.8 Å². The van der Waals surface area contributed by atoms with Crippen LogP contribution in [0.5, 0.6) is 11.5 Å². The van der Waals surface area contributed by atoms with Gasteiger partial charge in [-0.3, -0.25) is 0 Å². The van der Waals surface area contributed by atoms with E-state index in [0.29, 0.717) is 17.1 Å². The van der Waals surface area contributed by atoms with Crippen molar-refractivity contribution >= 4 is 0 Å². The molecule has 74 valence electrons. The molecule has 4 nitrogen and oxygen atoms in total. The highest BCUT2D eigenvalue weighted by Crippen LogP contribution is 2.42. The summed E-state index contributed by atoms with van der Waals surface area (Å²) in [6, 6.07) is 7.10. The molecule has 15 heavy (non-hydrogen) atoms. The van der Waals surface area contributed by atoms with Crippen molar-refractivity contribution in [2.24, 2.45) is 0 Å². The van der Waals surface area contributed by atoms with E-state index in [2.05, 4.69) is 0 Å². The number of nitrogens with zero attached hydrogens (tertiary/aromatic N) is 2. The van der Waals surface area contributed by atoms with Crippen molar-refractivity contribution in [2.75, 3.05) is 0 Å². The quantitative estimate of drug-likeness (QED) is 0.641. The molecule has 2 rings (SSSR count). The van der Waals surface area contributed by atoms with Crippen molar-refractivity contribution in [3.05, 3.63) is 23.3 Å². The Balaban J connectivity index is 2.63. The maximum atomic E-state index is 8.95. The van der Waals surface area contributed by atoms with Gasteiger partial charge >= 0.3 is 0 Å². The van der Waals surface area contributed by atoms with E-state index in [-0.39, 0.29) is 5.56 Å². The Morgan fingerprint density at radius 3 is 2.47 bits per heavy atom. The highest BCUT2D eigenvalue weighted by Gasteiger charge is 2.34. The summed E-state index contributed by atoms with van der Waals surface area (Å²) in [4.78, 5) is 0. The van der Waals surface area contributed by atoms with Crippen molar-refractivity contribution in [2.45, 2.75) is 19.6 Å². The summed E-state index contributed by atoms with van der Waals surface area (Å²) in [5, 5.41) is 17.8. The zero-order valence-electron chi connectivity index (χ0n) is 8.37. The van der Waals surface area contributed by atoms with Gasteiger partial charge in [0.05, 0.1) is 5.56 Å². The van der Waals surface area contributed by atoms with E-state index in [1.807, 2.05) is 12.1 Å². The first-order chi connectivity index (χ1) is 7.07. The fourth-order valence-electron chi connectivity index (χ4n) is 1.48. The molecule has 0 radical (unpaired) electrons. The minimum atomic E-state index is -0.776. The summed E-state index contributed by atoms with van der Waals surface area (Å²) < 4.78 is 10.9. The van der Waals surface area contributed by atoms with E-state index < -0.39 is 5.79 Å². The molecule has 0 aromatic heterocycles. The summed E-state index contributed by atoms with van der Waals surface area (Å²) >= 11 is 0. The Labute approximate surface area is 87.3 Å². The summed E-state index contributed by atoms with van der Waals surface area (Å²) in [7, 11) is 0. The molecule has 1 aliphatic heterocycles. The van der Waals surface area contributed by atoms with Gasteiger partial charge in [-0.15, -0.1) is 0 Å². The van der Waals surface area contributed by atoms with Crippen LogP contribution in [0.25, 0.3) is 0 Å². The predicted molar refractivity (Wildman–Crippen MR) is 51.2 cm³/mol. The normalized spacial score (nSPS) is 15.5. The highest BCUT2D eigenvalue weighted by atomic mass is 16.7. The minimum absolute atomic E-state index is 0.237. The largest absolute Gasteiger partial charge is 0.449 e. The molecule has 0 spiro atoms. The summed E-state index contributed by atoms with van der Waals surface area (Å²) in [5.41, 5.74) is 0.540. The molecular weight excluding hydrogens is 192 g/mol. The molecule has 0 bridgehead atoms. The Morgan fingerprint density at radius 1 is 1.13 bits per heavy atom. The molecule has 0 saturated carbocycles.